The molecule has 2 rings (SSSR count). The van der Waals surface area contributed by atoms with Crippen LogP contribution in [0.3, 0.4) is 0 Å². The number of fused-ring (bicyclic) bond motifs is 1. The summed E-state index contributed by atoms with van der Waals surface area (Å²) in [4.78, 5) is 11.2. The molecule has 3 unspecified atom stereocenters. The van der Waals surface area contributed by atoms with Crippen molar-refractivity contribution in [3.05, 3.63) is 0 Å². The van der Waals surface area contributed by atoms with Crippen molar-refractivity contribution in [2.45, 2.75) is 39.2 Å². The van der Waals surface area contributed by atoms with Gasteiger partial charge in [0.15, 0.2) is 0 Å². The summed E-state index contributed by atoms with van der Waals surface area (Å²) in [6.45, 7) is 4.25. The highest BCUT2D eigenvalue weighted by molar-refractivity contribution is 5.74. The number of ether oxygens (including phenoxy) is 1. The summed E-state index contributed by atoms with van der Waals surface area (Å²) < 4.78 is 5.31. The van der Waals surface area contributed by atoms with E-state index in [4.69, 9.17) is 4.74 Å². The molecule has 1 aliphatic carbocycles. The summed E-state index contributed by atoms with van der Waals surface area (Å²) in [6.07, 6.45) is 3.78. The van der Waals surface area contributed by atoms with E-state index in [1.165, 1.54) is 12.8 Å². The molecule has 2 fully saturated rings. The number of carbonyl (C=O) groups excluding carboxylic acids is 1. The van der Waals surface area contributed by atoms with Gasteiger partial charge in [-0.2, -0.15) is 0 Å². The predicted molar refractivity (Wildman–Crippen MR) is 45.5 cm³/mol. The third kappa shape index (κ3) is 1.13. The van der Waals surface area contributed by atoms with E-state index in [2.05, 4.69) is 6.92 Å². The zero-order valence-corrected chi connectivity index (χ0v) is 7.75. The topological polar surface area (TPSA) is 26.3 Å². The zero-order valence-electron chi connectivity index (χ0n) is 7.75. The van der Waals surface area contributed by atoms with Crippen LogP contribution in [0, 0.1) is 17.8 Å². The van der Waals surface area contributed by atoms with E-state index in [1.807, 2.05) is 6.92 Å². The van der Waals surface area contributed by atoms with Gasteiger partial charge in [0.1, 0.15) is 6.10 Å². The minimum absolute atomic E-state index is 0.0269. The van der Waals surface area contributed by atoms with Gasteiger partial charge in [0.05, 0.1) is 5.92 Å². The molecule has 0 aromatic rings. The van der Waals surface area contributed by atoms with Crippen LogP contribution in [0.15, 0.2) is 0 Å². The third-order valence-corrected chi connectivity index (χ3v) is 3.39. The lowest BCUT2D eigenvalue weighted by atomic mass is 9.77. The third-order valence-electron chi connectivity index (χ3n) is 3.39. The highest BCUT2D eigenvalue weighted by atomic mass is 16.6. The molecule has 0 radical (unpaired) electrons. The number of rotatable bonds is 0. The molecular formula is C10H16O2. The SMILES string of the molecule is CC1CCC2C(C)C(=O)O[C@H]2C1. The smallest absolute Gasteiger partial charge is 0.309 e. The second-order valence-corrected chi connectivity index (χ2v) is 4.35. The first-order valence-corrected chi connectivity index (χ1v) is 4.89. The minimum Gasteiger partial charge on any atom is -0.462 e. The Balaban J connectivity index is 2.09. The van der Waals surface area contributed by atoms with Gasteiger partial charge >= 0.3 is 5.97 Å². The maximum Gasteiger partial charge on any atom is 0.309 e. The highest BCUT2D eigenvalue weighted by Crippen LogP contribution is 2.40. The van der Waals surface area contributed by atoms with Crippen molar-refractivity contribution in [3.63, 3.8) is 0 Å². The Hall–Kier alpha value is -0.530. The average molecular weight is 168 g/mol. The lowest BCUT2D eigenvalue weighted by Crippen LogP contribution is -2.27. The summed E-state index contributed by atoms with van der Waals surface area (Å²) in [6, 6.07) is 0. The molecule has 0 amide bonds. The molecule has 68 valence electrons. The first-order valence-electron chi connectivity index (χ1n) is 4.89. The lowest BCUT2D eigenvalue weighted by Gasteiger charge is -2.28. The quantitative estimate of drug-likeness (QED) is 0.517. The van der Waals surface area contributed by atoms with Crippen molar-refractivity contribution < 1.29 is 9.53 Å². The standard InChI is InChI=1S/C10H16O2/c1-6-3-4-8-7(2)10(11)12-9(8)5-6/h6-9H,3-5H2,1-2H3/t6?,7?,8?,9-/m0/s1. The Kier molecular flexibility index (Phi) is 1.85. The van der Waals surface area contributed by atoms with Crippen LogP contribution in [0.25, 0.3) is 0 Å². The van der Waals surface area contributed by atoms with Crippen LogP contribution < -0.4 is 0 Å². The van der Waals surface area contributed by atoms with Gasteiger partial charge in [0.25, 0.3) is 0 Å². The summed E-state index contributed by atoms with van der Waals surface area (Å²) in [7, 11) is 0. The van der Waals surface area contributed by atoms with Crippen LogP contribution in [-0.2, 0) is 9.53 Å². The van der Waals surface area contributed by atoms with Crippen LogP contribution in [0.5, 0.6) is 0 Å². The predicted octanol–water partition coefficient (Wildman–Crippen LogP) is 1.98. The van der Waals surface area contributed by atoms with E-state index in [9.17, 15) is 4.79 Å². The fourth-order valence-electron chi connectivity index (χ4n) is 2.49. The van der Waals surface area contributed by atoms with Crippen LogP contribution in [0.1, 0.15) is 33.1 Å². The molecule has 1 saturated carbocycles. The molecule has 2 aliphatic rings. The number of hydrogen-bond donors (Lipinski definition) is 0. The molecule has 1 aliphatic heterocycles. The maximum atomic E-state index is 11.2. The van der Waals surface area contributed by atoms with Crippen LogP contribution in [0.4, 0.5) is 0 Å². The van der Waals surface area contributed by atoms with Crippen LogP contribution in [-0.4, -0.2) is 12.1 Å². The average Bonchev–Trinajstić information content (AvgIpc) is 2.28. The van der Waals surface area contributed by atoms with Gasteiger partial charge in [-0.25, -0.2) is 0 Å². The molecule has 0 aromatic carbocycles. The van der Waals surface area contributed by atoms with Crippen molar-refractivity contribution in [2.24, 2.45) is 17.8 Å². The zero-order chi connectivity index (χ0) is 8.72. The Labute approximate surface area is 73.3 Å². The Morgan fingerprint density at radius 2 is 2.08 bits per heavy atom. The number of hydrogen-bond acceptors (Lipinski definition) is 2. The Morgan fingerprint density at radius 1 is 1.33 bits per heavy atom. The van der Waals surface area contributed by atoms with Crippen molar-refractivity contribution in [1.82, 2.24) is 0 Å². The van der Waals surface area contributed by atoms with E-state index in [1.54, 1.807) is 0 Å². The minimum atomic E-state index is 0.0269. The van der Waals surface area contributed by atoms with Gasteiger partial charge in [-0.3, -0.25) is 4.79 Å². The fourth-order valence-corrected chi connectivity index (χ4v) is 2.49. The summed E-state index contributed by atoms with van der Waals surface area (Å²) in [5.41, 5.74) is 0. The van der Waals surface area contributed by atoms with Crippen molar-refractivity contribution in [3.8, 4) is 0 Å². The van der Waals surface area contributed by atoms with Gasteiger partial charge in [0, 0.05) is 5.92 Å². The Morgan fingerprint density at radius 3 is 2.83 bits per heavy atom. The molecule has 0 bridgehead atoms. The molecule has 12 heavy (non-hydrogen) atoms. The van der Waals surface area contributed by atoms with E-state index in [0.717, 1.165) is 12.3 Å². The summed E-state index contributed by atoms with van der Waals surface area (Å²) in [5.74, 6) is 1.44. The molecule has 0 aromatic heterocycles. The normalized spacial score (nSPS) is 47.0. The van der Waals surface area contributed by atoms with Crippen LogP contribution >= 0.6 is 0 Å². The van der Waals surface area contributed by atoms with E-state index in [0.29, 0.717) is 5.92 Å². The van der Waals surface area contributed by atoms with E-state index < -0.39 is 0 Å². The van der Waals surface area contributed by atoms with Gasteiger partial charge in [0.2, 0.25) is 0 Å². The molecule has 2 nitrogen and oxygen atoms in total. The maximum absolute atomic E-state index is 11.2. The van der Waals surface area contributed by atoms with Crippen molar-refractivity contribution in [1.29, 1.82) is 0 Å². The molecule has 4 atom stereocenters. The second kappa shape index (κ2) is 2.75. The van der Waals surface area contributed by atoms with E-state index >= 15 is 0 Å². The van der Waals surface area contributed by atoms with E-state index in [-0.39, 0.29) is 18.0 Å². The Bertz CT molecular complexity index is 200. The number of carbonyl (C=O) groups is 1. The summed E-state index contributed by atoms with van der Waals surface area (Å²) in [5, 5.41) is 0. The molecular weight excluding hydrogens is 152 g/mol. The largest absolute Gasteiger partial charge is 0.462 e. The first kappa shape index (κ1) is 8.09. The molecule has 2 heteroatoms. The van der Waals surface area contributed by atoms with Crippen molar-refractivity contribution >= 4 is 5.97 Å². The van der Waals surface area contributed by atoms with Gasteiger partial charge in [-0.15, -0.1) is 0 Å². The molecule has 1 heterocycles. The number of esters is 1. The van der Waals surface area contributed by atoms with Gasteiger partial charge < -0.3 is 4.74 Å². The van der Waals surface area contributed by atoms with Crippen LogP contribution in [0.2, 0.25) is 0 Å². The fraction of sp³-hybridized carbons (Fsp3) is 0.900. The van der Waals surface area contributed by atoms with Crippen molar-refractivity contribution in [2.75, 3.05) is 0 Å². The molecule has 1 saturated heterocycles. The summed E-state index contributed by atoms with van der Waals surface area (Å²) >= 11 is 0. The lowest BCUT2D eigenvalue weighted by molar-refractivity contribution is -0.144. The van der Waals surface area contributed by atoms with Gasteiger partial charge in [-0.05, 0) is 18.8 Å². The highest BCUT2D eigenvalue weighted by Gasteiger charge is 2.43. The van der Waals surface area contributed by atoms with Gasteiger partial charge in [-0.1, -0.05) is 20.3 Å². The first-order chi connectivity index (χ1) is 5.68. The second-order valence-electron chi connectivity index (χ2n) is 4.35. The molecule has 0 N–H and O–H groups in total. The monoisotopic (exact) mass is 168 g/mol. The molecule has 0 spiro atoms.